The molecular formula is C27H25N3O5S. The van der Waals surface area contributed by atoms with Crippen molar-refractivity contribution in [2.75, 3.05) is 11.9 Å². The summed E-state index contributed by atoms with van der Waals surface area (Å²) >= 11 is 0.788. The van der Waals surface area contributed by atoms with Crippen LogP contribution in [0.4, 0.5) is 10.5 Å². The van der Waals surface area contributed by atoms with Gasteiger partial charge >= 0.3 is 5.97 Å². The minimum Gasteiger partial charge on any atom is -0.478 e. The van der Waals surface area contributed by atoms with E-state index in [1.807, 2.05) is 49.6 Å². The lowest BCUT2D eigenvalue weighted by Crippen LogP contribution is -2.36. The summed E-state index contributed by atoms with van der Waals surface area (Å²) < 4.78 is 1.92. The number of carbonyl (C=O) groups excluding carboxylic acids is 3. The van der Waals surface area contributed by atoms with Crippen LogP contribution in [0.15, 0.2) is 53.4 Å². The molecule has 1 aromatic heterocycles. The summed E-state index contributed by atoms with van der Waals surface area (Å²) in [6.07, 6.45) is 1.64. The van der Waals surface area contributed by atoms with E-state index in [9.17, 15) is 24.3 Å². The number of hydrogen-bond donors (Lipinski definition) is 2. The molecule has 0 bridgehead atoms. The van der Waals surface area contributed by atoms with Crippen LogP contribution < -0.4 is 5.32 Å². The smallest absolute Gasteiger partial charge is 0.336 e. The first-order chi connectivity index (χ1) is 17.1. The summed E-state index contributed by atoms with van der Waals surface area (Å²) in [5.41, 5.74) is 5.57. The Kier molecular flexibility index (Phi) is 6.85. The van der Waals surface area contributed by atoms with Gasteiger partial charge in [0.1, 0.15) is 6.54 Å². The van der Waals surface area contributed by atoms with Crippen LogP contribution in [-0.4, -0.2) is 44.1 Å². The molecule has 9 heteroatoms. The van der Waals surface area contributed by atoms with Crippen LogP contribution in [0.1, 0.15) is 38.4 Å². The van der Waals surface area contributed by atoms with E-state index in [0.29, 0.717) is 11.3 Å². The molecule has 0 spiro atoms. The van der Waals surface area contributed by atoms with Gasteiger partial charge in [-0.3, -0.25) is 19.3 Å². The molecule has 8 nitrogen and oxygen atoms in total. The summed E-state index contributed by atoms with van der Waals surface area (Å²) in [7, 11) is 0. The minimum absolute atomic E-state index is 0.214. The highest BCUT2D eigenvalue weighted by Crippen LogP contribution is 2.34. The Morgan fingerprint density at radius 3 is 2.39 bits per heavy atom. The first-order valence-corrected chi connectivity index (χ1v) is 12.0. The largest absolute Gasteiger partial charge is 0.478 e. The molecule has 1 saturated heterocycles. The van der Waals surface area contributed by atoms with Gasteiger partial charge in [0.2, 0.25) is 5.91 Å². The average molecular weight is 504 g/mol. The van der Waals surface area contributed by atoms with Gasteiger partial charge in [-0.15, -0.1) is 0 Å². The van der Waals surface area contributed by atoms with Gasteiger partial charge in [-0.05, 0) is 87.0 Å². The number of aromatic carboxylic acids is 1. The maximum atomic E-state index is 13.0. The predicted octanol–water partition coefficient (Wildman–Crippen LogP) is 5.08. The van der Waals surface area contributed by atoms with E-state index in [2.05, 4.69) is 5.32 Å². The van der Waals surface area contributed by atoms with Crippen molar-refractivity contribution in [3.63, 3.8) is 0 Å². The molecule has 1 aliphatic rings. The van der Waals surface area contributed by atoms with Gasteiger partial charge in [0, 0.05) is 22.8 Å². The zero-order chi connectivity index (χ0) is 26.1. The van der Waals surface area contributed by atoms with Gasteiger partial charge in [-0.2, -0.15) is 0 Å². The van der Waals surface area contributed by atoms with Crippen molar-refractivity contribution in [3.8, 4) is 5.69 Å². The minimum atomic E-state index is -1.00. The zero-order valence-electron chi connectivity index (χ0n) is 20.3. The molecule has 0 atom stereocenters. The number of amides is 3. The van der Waals surface area contributed by atoms with Crippen molar-refractivity contribution in [1.82, 2.24) is 9.47 Å². The topological polar surface area (TPSA) is 109 Å². The Morgan fingerprint density at radius 2 is 1.72 bits per heavy atom. The van der Waals surface area contributed by atoms with E-state index >= 15 is 0 Å². The van der Waals surface area contributed by atoms with Crippen molar-refractivity contribution in [3.05, 3.63) is 87.1 Å². The monoisotopic (exact) mass is 503 g/mol. The third kappa shape index (κ3) is 4.83. The second kappa shape index (κ2) is 9.87. The Bertz CT molecular complexity index is 1440. The number of imide groups is 1. The van der Waals surface area contributed by atoms with Crippen LogP contribution in [0.25, 0.3) is 11.8 Å². The van der Waals surface area contributed by atoms with E-state index in [-0.39, 0.29) is 17.0 Å². The van der Waals surface area contributed by atoms with Crippen molar-refractivity contribution in [1.29, 1.82) is 0 Å². The molecule has 0 saturated carbocycles. The number of aryl methyl sites for hydroxylation is 2. The number of rotatable bonds is 6. The van der Waals surface area contributed by atoms with Gasteiger partial charge < -0.3 is 15.0 Å². The van der Waals surface area contributed by atoms with Crippen LogP contribution in [0, 0.1) is 27.7 Å². The van der Waals surface area contributed by atoms with Crippen LogP contribution in [0.3, 0.4) is 0 Å². The first kappa shape index (κ1) is 25.0. The van der Waals surface area contributed by atoms with Crippen molar-refractivity contribution < 1.29 is 24.3 Å². The highest BCUT2D eigenvalue weighted by atomic mass is 32.2. The summed E-state index contributed by atoms with van der Waals surface area (Å²) in [5, 5.41) is 11.7. The maximum absolute atomic E-state index is 13.0. The third-order valence-corrected chi connectivity index (χ3v) is 6.95. The highest BCUT2D eigenvalue weighted by Gasteiger charge is 2.36. The van der Waals surface area contributed by atoms with E-state index in [4.69, 9.17) is 0 Å². The normalized spacial score (nSPS) is 14.6. The number of nitrogens with one attached hydrogen (secondary N) is 1. The van der Waals surface area contributed by atoms with E-state index in [1.54, 1.807) is 37.3 Å². The van der Waals surface area contributed by atoms with Gasteiger partial charge in [0.05, 0.1) is 10.5 Å². The second-order valence-electron chi connectivity index (χ2n) is 8.60. The standard InChI is InChI=1S/C27H25N3O5S/c1-15-8-10-20(11-9-15)28-24(31)14-29-25(32)23(36-27(29)35)13-19-12-16(2)30(18(19)4)22-7-5-6-21(17(22)3)26(33)34/h5-13H,14H2,1-4H3,(H,28,31)(H,33,34). The molecule has 2 N–H and O–H groups in total. The maximum Gasteiger partial charge on any atom is 0.336 e. The first-order valence-electron chi connectivity index (χ1n) is 11.2. The van der Waals surface area contributed by atoms with E-state index in [1.165, 1.54) is 0 Å². The predicted molar refractivity (Wildman–Crippen MR) is 139 cm³/mol. The second-order valence-corrected chi connectivity index (χ2v) is 9.59. The van der Waals surface area contributed by atoms with E-state index in [0.717, 1.165) is 44.9 Å². The number of benzene rings is 2. The molecule has 1 aliphatic heterocycles. The van der Waals surface area contributed by atoms with Gasteiger partial charge in [0.15, 0.2) is 0 Å². The lowest BCUT2D eigenvalue weighted by molar-refractivity contribution is -0.127. The van der Waals surface area contributed by atoms with Crippen molar-refractivity contribution in [2.45, 2.75) is 27.7 Å². The molecule has 0 radical (unpaired) electrons. The number of carboxylic acid groups (broad SMARTS) is 1. The third-order valence-electron chi connectivity index (χ3n) is 6.04. The number of carboxylic acids is 1. The Hall–Kier alpha value is -4.11. The molecule has 4 rings (SSSR count). The van der Waals surface area contributed by atoms with Gasteiger partial charge in [0.25, 0.3) is 11.1 Å². The number of thioether (sulfide) groups is 1. The van der Waals surface area contributed by atoms with Crippen LogP contribution in [0.2, 0.25) is 0 Å². The van der Waals surface area contributed by atoms with E-state index < -0.39 is 23.0 Å². The molecule has 1 fully saturated rings. The average Bonchev–Trinajstić information content (AvgIpc) is 3.24. The van der Waals surface area contributed by atoms with Crippen LogP contribution in [0.5, 0.6) is 0 Å². The lowest BCUT2D eigenvalue weighted by atomic mass is 10.1. The van der Waals surface area contributed by atoms with Crippen LogP contribution in [-0.2, 0) is 9.59 Å². The highest BCUT2D eigenvalue weighted by molar-refractivity contribution is 8.18. The number of nitrogens with zero attached hydrogens (tertiary/aromatic N) is 2. The molecule has 184 valence electrons. The molecule has 36 heavy (non-hydrogen) atoms. The zero-order valence-corrected chi connectivity index (χ0v) is 21.1. The molecule has 3 aromatic rings. The Balaban J connectivity index is 1.57. The molecule has 3 amide bonds. The molecule has 2 aromatic carbocycles. The summed E-state index contributed by atoms with van der Waals surface area (Å²) in [6.45, 7) is 7.06. The Morgan fingerprint density at radius 1 is 1.03 bits per heavy atom. The summed E-state index contributed by atoms with van der Waals surface area (Å²) in [4.78, 5) is 50.7. The van der Waals surface area contributed by atoms with Gasteiger partial charge in [-0.25, -0.2) is 4.79 Å². The van der Waals surface area contributed by atoms with Crippen molar-refractivity contribution in [2.24, 2.45) is 0 Å². The number of hydrogen-bond acceptors (Lipinski definition) is 5. The SMILES string of the molecule is Cc1ccc(NC(=O)CN2C(=O)SC(=Cc3cc(C)n(-c4cccc(C(=O)O)c4C)c3C)C2=O)cc1. The summed E-state index contributed by atoms with van der Waals surface area (Å²) in [5.74, 6) is -2.00. The molecule has 2 heterocycles. The quantitative estimate of drug-likeness (QED) is 0.454. The van der Waals surface area contributed by atoms with Crippen LogP contribution >= 0.6 is 11.8 Å². The van der Waals surface area contributed by atoms with Gasteiger partial charge in [-0.1, -0.05) is 23.8 Å². The lowest BCUT2D eigenvalue weighted by Gasteiger charge is -2.14. The molecule has 0 unspecified atom stereocenters. The summed E-state index contributed by atoms with van der Waals surface area (Å²) in [6, 6.07) is 14.2. The molecule has 0 aliphatic carbocycles. The fourth-order valence-corrected chi connectivity index (χ4v) is 4.99. The fraction of sp³-hybridized carbons (Fsp3) is 0.185. The Labute approximate surface area is 212 Å². The van der Waals surface area contributed by atoms with Crippen molar-refractivity contribution >= 4 is 46.5 Å². The number of carbonyl (C=O) groups is 4. The number of anilines is 1. The fourth-order valence-electron chi connectivity index (χ4n) is 4.16. The number of aromatic nitrogens is 1. The molecular weight excluding hydrogens is 478 g/mol.